The van der Waals surface area contributed by atoms with Crippen molar-refractivity contribution in [3.05, 3.63) is 41.4 Å². The number of aliphatic carboxylic acids is 1. The van der Waals surface area contributed by atoms with Gasteiger partial charge in [-0.05, 0) is 43.0 Å². The summed E-state index contributed by atoms with van der Waals surface area (Å²) in [7, 11) is 0. The molecule has 0 bridgehead atoms. The highest BCUT2D eigenvalue weighted by Gasteiger charge is 2.60. The van der Waals surface area contributed by atoms with E-state index in [-0.39, 0.29) is 23.6 Å². The van der Waals surface area contributed by atoms with Crippen molar-refractivity contribution in [3.8, 4) is 11.3 Å². The molecule has 1 N–H and O–H groups in total. The normalized spacial score (nSPS) is 26.8. The summed E-state index contributed by atoms with van der Waals surface area (Å²) in [5, 5.41) is 13.2. The molecule has 1 aromatic carbocycles. The first-order chi connectivity index (χ1) is 9.66. The maximum atomic E-state index is 13.0. The van der Waals surface area contributed by atoms with Gasteiger partial charge in [0.25, 0.3) is 0 Å². The lowest BCUT2D eigenvalue weighted by Gasteiger charge is -2.08. The van der Waals surface area contributed by atoms with Crippen molar-refractivity contribution >= 4 is 5.97 Å². The quantitative estimate of drug-likeness (QED) is 0.913. The van der Waals surface area contributed by atoms with Crippen LogP contribution in [-0.2, 0) is 11.2 Å². The van der Waals surface area contributed by atoms with Crippen molar-refractivity contribution < 1.29 is 18.8 Å². The molecule has 0 aliphatic heterocycles. The fraction of sp³-hybridized carbons (Fsp3) is 0.333. The van der Waals surface area contributed by atoms with Gasteiger partial charge in [0, 0.05) is 17.0 Å². The van der Waals surface area contributed by atoms with E-state index in [2.05, 4.69) is 5.16 Å². The second kappa shape index (κ2) is 3.91. The highest BCUT2D eigenvalue weighted by Crippen LogP contribution is 2.60. The van der Waals surface area contributed by atoms with Gasteiger partial charge in [-0.2, -0.15) is 0 Å². The van der Waals surface area contributed by atoms with E-state index in [1.165, 1.54) is 12.1 Å². The van der Waals surface area contributed by atoms with Gasteiger partial charge in [-0.3, -0.25) is 4.79 Å². The summed E-state index contributed by atoms with van der Waals surface area (Å²) < 4.78 is 18.4. The number of fused-ring (bicyclic) bond motifs is 3. The van der Waals surface area contributed by atoms with Crippen molar-refractivity contribution in [2.75, 3.05) is 0 Å². The fourth-order valence-corrected chi connectivity index (χ4v) is 3.40. The molecule has 5 heteroatoms. The van der Waals surface area contributed by atoms with Crippen LogP contribution in [0, 0.1) is 17.7 Å². The Labute approximate surface area is 114 Å². The van der Waals surface area contributed by atoms with Crippen LogP contribution in [0.15, 0.2) is 28.8 Å². The number of benzene rings is 1. The fourth-order valence-electron chi connectivity index (χ4n) is 3.40. The molecular formula is C15H12FNO3. The van der Waals surface area contributed by atoms with Crippen LogP contribution in [-0.4, -0.2) is 16.2 Å². The number of rotatable bonds is 2. The second-order valence-corrected chi connectivity index (χ2v) is 5.47. The summed E-state index contributed by atoms with van der Waals surface area (Å²) in [6.45, 7) is 0. The van der Waals surface area contributed by atoms with E-state index in [0.29, 0.717) is 5.76 Å². The molecule has 0 radical (unpaired) electrons. The standard InChI is InChI=1S/C15H12FNO3/c16-8-3-1-7(2-4-8)13-10-6-5-9-11(12(9)15(18)19)14(10)20-17-13/h1-4,9,11-12H,5-6H2,(H,18,19). The highest BCUT2D eigenvalue weighted by atomic mass is 19.1. The first-order valence-corrected chi connectivity index (χ1v) is 6.64. The van der Waals surface area contributed by atoms with Gasteiger partial charge in [-0.15, -0.1) is 0 Å². The lowest BCUT2D eigenvalue weighted by Crippen LogP contribution is -1.99. The zero-order valence-corrected chi connectivity index (χ0v) is 10.5. The molecule has 0 spiro atoms. The molecule has 3 unspecified atom stereocenters. The van der Waals surface area contributed by atoms with Gasteiger partial charge >= 0.3 is 5.97 Å². The SMILES string of the molecule is O=C(O)C1C2CCc3c(-c4ccc(F)cc4)noc3C21. The summed E-state index contributed by atoms with van der Waals surface area (Å²) in [5.74, 6) is -0.503. The minimum atomic E-state index is -0.757. The number of carboxylic acids is 1. The molecule has 1 aromatic heterocycles. The van der Waals surface area contributed by atoms with Crippen molar-refractivity contribution in [2.24, 2.45) is 11.8 Å². The molecule has 4 rings (SSSR count). The molecule has 2 aromatic rings. The van der Waals surface area contributed by atoms with E-state index in [0.717, 1.165) is 29.7 Å². The van der Waals surface area contributed by atoms with Gasteiger partial charge in [-0.1, -0.05) is 5.16 Å². The first kappa shape index (κ1) is 11.6. The molecule has 0 amide bonds. The summed E-state index contributed by atoms with van der Waals surface area (Å²) in [6.07, 6.45) is 1.63. The minimum absolute atomic E-state index is 0.0297. The third-order valence-electron chi connectivity index (χ3n) is 4.42. The molecule has 1 fully saturated rings. The Morgan fingerprint density at radius 3 is 2.80 bits per heavy atom. The highest BCUT2D eigenvalue weighted by molar-refractivity contribution is 5.77. The number of hydrogen-bond acceptors (Lipinski definition) is 3. The van der Waals surface area contributed by atoms with Gasteiger partial charge in [0.15, 0.2) is 0 Å². The van der Waals surface area contributed by atoms with Crippen molar-refractivity contribution in [3.63, 3.8) is 0 Å². The zero-order chi connectivity index (χ0) is 13.9. The Balaban J connectivity index is 1.74. The third-order valence-corrected chi connectivity index (χ3v) is 4.42. The van der Waals surface area contributed by atoms with E-state index in [1.807, 2.05) is 0 Å². The number of carboxylic acid groups (broad SMARTS) is 1. The predicted molar refractivity (Wildman–Crippen MR) is 67.6 cm³/mol. The molecule has 3 atom stereocenters. The smallest absolute Gasteiger partial charge is 0.307 e. The van der Waals surface area contributed by atoms with E-state index in [4.69, 9.17) is 9.63 Å². The largest absolute Gasteiger partial charge is 0.481 e. The average Bonchev–Trinajstić information content (AvgIpc) is 3.03. The topological polar surface area (TPSA) is 63.3 Å². The maximum absolute atomic E-state index is 13.0. The van der Waals surface area contributed by atoms with Crippen LogP contribution < -0.4 is 0 Å². The van der Waals surface area contributed by atoms with Crippen LogP contribution in [0.1, 0.15) is 23.7 Å². The van der Waals surface area contributed by atoms with Crippen LogP contribution in [0.25, 0.3) is 11.3 Å². The van der Waals surface area contributed by atoms with E-state index in [1.54, 1.807) is 12.1 Å². The van der Waals surface area contributed by atoms with Gasteiger partial charge in [0.2, 0.25) is 0 Å². The Kier molecular flexibility index (Phi) is 2.28. The number of hydrogen-bond donors (Lipinski definition) is 1. The summed E-state index contributed by atoms with van der Waals surface area (Å²) in [6, 6.07) is 6.11. The van der Waals surface area contributed by atoms with Gasteiger partial charge in [-0.25, -0.2) is 4.39 Å². The van der Waals surface area contributed by atoms with Gasteiger partial charge in [0.1, 0.15) is 17.3 Å². The summed E-state index contributed by atoms with van der Waals surface area (Å²) >= 11 is 0. The number of halogens is 1. The van der Waals surface area contributed by atoms with Crippen molar-refractivity contribution in [1.29, 1.82) is 0 Å². The van der Waals surface area contributed by atoms with Crippen LogP contribution >= 0.6 is 0 Å². The zero-order valence-electron chi connectivity index (χ0n) is 10.5. The van der Waals surface area contributed by atoms with Crippen LogP contribution in [0.2, 0.25) is 0 Å². The first-order valence-electron chi connectivity index (χ1n) is 6.64. The minimum Gasteiger partial charge on any atom is -0.481 e. The van der Waals surface area contributed by atoms with Crippen LogP contribution in [0.3, 0.4) is 0 Å². The monoisotopic (exact) mass is 273 g/mol. The van der Waals surface area contributed by atoms with Gasteiger partial charge < -0.3 is 9.63 Å². The molecule has 4 nitrogen and oxygen atoms in total. The molecule has 2 aliphatic rings. The second-order valence-electron chi connectivity index (χ2n) is 5.47. The van der Waals surface area contributed by atoms with Crippen molar-refractivity contribution in [2.45, 2.75) is 18.8 Å². The number of aromatic nitrogens is 1. The third kappa shape index (κ3) is 1.52. The summed E-state index contributed by atoms with van der Waals surface area (Å²) in [5.41, 5.74) is 2.51. The Morgan fingerprint density at radius 1 is 1.35 bits per heavy atom. The predicted octanol–water partition coefficient (Wildman–Crippen LogP) is 2.84. The lowest BCUT2D eigenvalue weighted by atomic mass is 9.94. The van der Waals surface area contributed by atoms with Crippen LogP contribution in [0.4, 0.5) is 4.39 Å². The maximum Gasteiger partial charge on any atom is 0.307 e. The molecule has 1 heterocycles. The van der Waals surface area contributed by atoms with Crippen LogP contribution in [0.5, 0.6) is 0 Å². The number of carbonyl (C=O) groups is 1. The molecule has 1 saturated carbocycles. The van der Waals surface area contributed by atoms with Gasteiger partial charge in [0.05, 0.1) is 5.92 Å². The lowest BCUT2D eigenvalue weighted by molar-refractivity contribution is -0.139. The summed E-state index contributed by atoms with van der Waals surface area (Å²) in [4.78, 5) is 11.1. The Morgan fingerprint density at radius 2 is 2.10 bits per heavy atom. The molecule has 102 valence electrons. The van der Waals surface area contributed by atoms with E-state index >= 15 is 0 Å². The van der Waals surface area contributed by atoms with Crippen molar-refractivity contribution in [1.82, 2.24) is 5.16 Å². The molecule has 0 saturated heterocycles. The van der Waals surface area contributed by atoms with E-state index in [9.17, 15) is 9.18 Å². The Hall–Kier alpha value is -2.17. The molecular weight excluding hydrogens is 261 g/mol. The molecule has 20 heavy (non-hydrogen) atoms. The number of nitrogens with zero attached hydrogens (tertiary/aromatic N) is 1. The van der Waals surface area contributed by atoms with E-state index < -0.39 is 5.97 Å². The Bertz CT molecular complexity index is 692. The molecule has 2 aliphatic carbocycles. The average molecular weight is 273 g/mol.